The Hall–Kier alpha value is -2.05. The molecule has 2 aromatic heterocycles. The first-order chi connectivity index (χ1) is 7.80. The number of aromatic nitrogens is 2. The van der Waals surface area contributed by atoms with E-state index >= 15 is 0 Å². The number of alkyl halides is 3. The Morgan fingerprint density at radius 1 is 1.41 bits per heavy atom. The number of carbonyl (C=O) groups is 1. The Kier molecular flexibility index (Phi) is 2.34. The third-order valence-electron chi connectivity index (χ3n) is 2.33. The third-order valence-corrected chi connectivity index (χ3v) is 2.33. The molecule has 1 N–H and O–H groups in total. The Bertz CT molecular complexity index is 601. The van der Waals surface area contributed by atoms with E-state index in [2.05, 4.69) is 4.98 Å². The van der Waals surface area contributed by atoms with Crippen LogP contribution in [-0.2, 0) is 6.18 Å². The first-order valence-electron chi connectivity index (χ1n) is 4.60. The zero-order valence-electron chi connectivity index (χ0n) is 8.62. The molecule has 2 aromatic rings. The topological polar surface area (TPSA) is 54.6 Å². The minimum absolute atomic E-state index is 0.0910. The fourth-order valence-electron chi connectivity index (χ4n) is 1.57. The predicted octanol–water partition coefficient (Wildman–Crippen LogP) is 2.36. The van der Waals surface area contributed by atoms with Crippen molar-refractivity contribution in [2.24, 2.45) is 0 Å². The Labute approximate surface area is 93.3 Å². The van der Waals surface area contributed by atoms with Gasteiger partial charge in [-0.25, -0.2) is 9.78 Å². The van der Waals surface area contributed by atoms with Gasteiger partial charge >= 0.3 is 12.1 Å². The quantitative estimate of drug-likeness (QED) is 0.837. The van der Waals surface area contributed by atoms with Crippen molar-refractivity contribution >= 4 is 11.5 Å². The molecule has 0 fully saturated rings. The predicted molar refractivity (Wildman–Crippen MR) is 51.9 cm³/mol. The number of rotatable bonds is 1. The maximum absolute atomic E-state index is 12.6. The summed E-state index contributed by atoms with van der Waals surface area (Å²) >= 11 is 0. The fraction of sp³-hybridized carbons (Fsp3) is 0.200. The number of aryl methyl sites for hydroxylation is 1. The van der Waals surface area contributed by atoms with E-state index in [1.54, 1.807) is 0 Å². The monoisotopic (exact) mass is 244 g/mol. The lowest BCUT2D eigenvalue weighted by atomic mass is 10.2. The van der Waals surface area contributed by atoms with Gasteiger partial charge in [0.15, 0.2) is 5.69 Å². The van der Waals surface area contributed by atoms with Gasteiger partial charge in [0.2, 0.25) is 0 Å². The number of hydrogen-bond donors (Lipinski definition) is 1. The van der Waals surface area contributed by atoms with Gasteiger partial charge in [-0.2, -0.15) is 13.2 Å². The molecule has 0 spiro atoms. The van der Waals surface area contributed by atoms with Gasteiger partial charge in [-0.1, -0.05) is 0 Å². The molecule has 7 heteroatoms. The molecule has 0 aromatic carbocycles. The number of carboxylic acids is 1. The van der Waals surface area contributed by atoms with Crippen LogP contribution >= 0.6 is 0 Å². The molecular formula is C10H7F3N2O2. The molecule has 0 atom stereocenters. The minimum atomic E-state index is -4.55. The molecule has 17 heavy (non-hydrogen) atoms. The molecule has 0 aliphatic heterocycles. The molecule has 0 aliphatic rings. The summed E-state index contributed by atoms with van der Waals surface area (Å²) < 4.78 is 38.9. The lowest BCUT2D eigenvalue weighted by Crippen LogP contribution is -2.06. The zero-order chi connectivity index (χ0) is 12.8. The molecule has 2 rings (SSSR count). The van der Waals surface area contributed by atoms with E-state index in [0.29, 0.717) is 0 Å². The average molecular weight is 244 g/mol. The van der Waals surface area contributed by atoms with E-state index in [1.165, 1.54) is 6.92 Å². The standard InChI is InChI=1S/C10H7F3N2O2/c1-5-14-8(10(11,12)13)7-3-2-6(9(16)17)4-15(5)7/h2-4H,1H3,(H,16,17). The first kappa shape index (κ1) is 11.4. The van der Waals surface area contributed by atoms with Crippen molar-refractivity contribution < 1.29 is 23.1 Å². The van der Waals surface area contributed by atoms with Crippen LogP contribution in [0.15, 0.2) is 18.3 Å². The number of aromatic carboxylic acids is 1. The van der Waals surface area contributed by atoms with Crippen molar-refractivity contribution in [1.29, 1.82) is 0 Å². The number of halogens is 3. The number of nitrogens with zero attached hydrogens (tertiary/aromatic N) is 2. The second kappa shape index (κ2) is 3.47. The molecule has 0 radical (unpaired) electrons. The van der Waals surface area contributed by atoms with Gasteiger partial charge in [0.05, 0.1) is 11.1 Å². The van der Waals surface area contributed by atoms with Crippen LogP contribution in [0.5, 0.6) is 0 Å². The molecule has 0 aliphatic carbocycles. The number of fused-ring (bicyclic) bond motifs is 1. The van der Waals surface area contributed by atoms with Crippen LogP contribution in [0.25, 0.3) is 5.52 Å². The smallest absolute Gasteiger partial charge is 0.435 e. The first-order valence-corrected chi connectivity index (χ1v) is 4.60. The fourth-order valence-corrected chi connectivity index (χ4v) is 1.57. The Morgan fingerprint density at radius 3 is 2.59 bits per heavy atom. The molecule has 0 bridgehead atoms. The molecule has 0 saturated heterocycles. The molecule has 2 heterocycles. The van der Waals surface area contributed by atoms with E-state index in [0.717, 1.165) is 22.7 Å². The minimum Gasteiger partial charge on any atom is -0.478 e. The largest absolute Gasteiger partial charge is 0.478 e. The third kappa shape index (κ3) is 1.83. The van der Waals surface area contributed by atoms with Crippen LogP contribution < -0.4 is 0 Å². The Morgan fingerprint density at radius 2 is 2.06 bits per heavy atom. The van der Waals surface area contributed by atoms with E-state index in [4.69, 9.17) is 5.11 Å². The highest BCUT2D eigenvalue weighted by molar-refractivity contribution is 5.87. The maximum Gasteiger partial charge on any atom is 0.435 e. The van der Waals surface area contributed by atoms with Gasteiger partial charge in [0.1, 0.15) is 5.82 Å². The molecule has 4 nitrogen and oxygen atoms in total. The summed E-state index contributed by atoms with van der Waals surface area (Å²) in [5.74, 6) is -1.11. The van der Waals surface area contributed by atoms with Crippen LogP contribution in [0.3, 0.4) is 0 Å². The van der Waals surface area contributed by atoms with E-state index < -0.39 is 17.8 Å². The van der Waals surface area contributed by atoms with Gasteiger partial charge in [-0.3, -0.25) is 0 Å². The number of imidazole rings is 1. The molecule has 0 amide bonds. The molecule has 90 valence electrons. The average Bonchev–Trinajstić information content (AvgIpc) is 2.55. The number of carboxylic acid groups (broad SMARTS) is 1. The zero-order valence-corrected chi connectivity index (χ0v) is 8.62. The molecule has 0 saturated carbocycles. The number of hydrogen-bond acceptors (Lipinski definition) is 2. The van der Waals surface area contributed by atoms with E-state index in [1.807, 2.05) is 0 Å². The van der Waals surface area contributed by atoms with Crippen molar-refractivity contribution in [2.75, 3.05) is 0 Å². The highest BCUT2D eigenvalue weighted by Crippen LogP contribution is 2.32. The van der Waals surface area contributed by atoms with Crippen molar-refractivity contribution in [2.45, 2.75) is 13.1 Å². The second-order valence-corrected chi connectivity index (χ2v) is 3.48. The van der Waals surface area contributed by atoms with Gasteiger partial charge < -0.3 is 9.51 Å². The summed E-state index contributed by atoms with van der Waals surface area (Å²) in [6.45, 7) is 1.38. The van der Waals surface area contributed by atoms with Gasteiger partial charge in [-0.05, 0) is 19.1 Å². The summed E-state index contributed by atoms with van der Waals surface area (Å²) in [5, 5.41) is 8.75. The lowest BCUT2D eigenvalue weighted by molar-refractivity contribution is -0.139. The van der Waals surface area contributed by atoms with E-state index in [-0.39, 0.29) is 16.9 Å². The summed E-state index contributed by atoms with van der Waals surface area (Å²) in [4.78, 5) is 14.1. The summed E-state index contributed by atoms with van der Waals surface area (Å²) in [7, 11) is 0. The van der Waals surface area contributed by atoms with E-state index in [9.17, 15) is 18.0 Å². The number of pyridine rings is 1. The van der Waals surface area contributed by atoms with Crippen LogP contribution in [0, 0.1) is 6.92 Å². The van der Waals surface area contributed by atoms with Crippen molar-refractivity contribution in [3.8, 4) is 0 Å². The SMILES string of the molecule is Cc1nc(C(F)(F)F)c2ccc(C(=O)O)cn12. The summed E-state index contributed by atoms with van der Waals surface area (Å²) in [6.07, 6.45) is -3.43. The van der Waals surface area contributed by atoms with Crippen LogP contribution in [-0.4, -0.2) is 20.5 Å². The molecule has 0 unspecified atom stereocenters. The highest BCUT2D eigenvalue weighted by Gasteiger charge is 2.36. The van der Waals surface area contributed by atoms with Crippen LogP contribution in [0.1, 0.15) is 21.9 Å². The second-order valence-electron chi connectivity index (χ2n) is 3.48. The van der Waals surface area contributed by atoms with Crippen molar-refractivity contribution in [3.63, 3.8) is 0 Å². The van der Waals surface area contributed by atoms with Gasteiger partial charge in [-0.15, -0.1) is 0 Å². The maximum atomic E-state index is 12.6. The van der Waals surface area contributed by atoms with Gasteiger partial charge in [0, 0.05) is 6.20 Å². The van der Waals surface area contributed by atoms with Crippen molar-refractivity contribution in [1.82, 2.24) is 9.38 Å². The van der Waals surface area contributed by atoms with Crippen LogP contribution in [0.2, 0.25) is 0 Å². The summed E-state index contributed by atoms with van der Waals surface area (Å²) in [5.41, 5.74) is -1.25. The van der Waals surface area contributed by atoms with Gasteiger partial charge in [0.25, 0.3) is 0 Å². The summed E-state index contributed by atoms with van der Waals surface area (Å²) in [6, 6.07) is 2.22. The lowest BCUT2D eigenvalue weighted by Gasteiger charge is -2.03. The molecular weight excluding hydrogens is 237 g/mol. The van der Waals surface area contributed by atoms with Crippen molar-refractivity contribution in [3.05, 3.63) is 35.4 Å². The highest BCUT2D eigenvalue weighted by atomic mass is 19.4. The normalized spacial score (nSPS) is 12.0. The Balaban J connectivity index is 2.74. The van der Waals surface area contributed by atoms with Crippen LogP contribution in [0.4, 0.5) is 13.2 Å².